The summed E-state index contributed by atoms with van der Waals surface area (Å²) < 4.78 is 90.0. The lowest BCUT2D eigenvalue weighted by Crippen LogP contribution is -2.11. The van der Waals surface area contributed by atoms with Gasteiger partial charge in [0, 0.05) is 32.8 Å². The van der Waals surface area contributed by atoms with E-state index in [4.69, 9.17) is 0 Å². The van der Waals surface area contributed by atoms with Gasteiger partial charge < -0.3 is 9.13 Å². The molecule has 0 aliphatic rings. The molecule has 274 valence electrons. The lowest BCUT2D eigenvalue weighted by Gasteiger charge is -2.21. The Kier molecular flexibility index (Phi) is 7.89. The maximum absolute atomic E-state index is 14.3. The number of para-hydroxylation sites is 2. The van der Waals surface area contributed by atoms with Crippen molar-refractivity contribution in [2.24, 2.45) is 0 Å². The van der Waals surface area contributed by atoms with Crippen molar-refractivity contribution in [2.75, 3.05) is 0 Å². The number of nitrogens with zero attached hydrogens (tertiary/aromatic N) is 3. The van der Waals surface area contributed by atoms with E-state index in [9.17, 15) is 31.6 Å². The maximum Gasteiger partial charge on any atom is 0.416 e. The fraction of sp³-hybridized carbons (Fsp3) is 0.0851. The van der Waals surface area contributed by atoms with Crippen LogP contribution in [0.5, 0.6) is 0 Å². The molecule has 0 fully saturated rings. The predicted octanol–water partition coefficient (Wildman–Crippen LogP) is 13.7. The summed E-state index contributed by atoms with van der Waals surface area (Å²) in [7, 11) is 0. The highest BCUT2D eigenvalue weighted by Crippen LogP contribution is 2.45. The molecule has 0 bridgehead atoms. The quantitative estimate of drug-likeness (QED) is 0.165. The molecular formula is C47H29F6N3. The smallest absolute Gasteiger partial charge is 0.309 e. The number of rotatable bonds is 4. The second-order valence-electron chi connectivity index (χ2n) is 14.1. The fourth-order valence-corrected chi connectivity index (χ4v) is 7.98. The Bertz CT molecular complexity index is 3070. The van der Waals surface area contributed by atoms with Crippen LogP contribution in [-0.2, 0) is 12.4 Å². The third-order valence-corrected chi connectivity index (χ3v) is 10.5. The minimum Gasteiger partial charge on any atom is -0.309 e. The summed E-state index contributed by atoms with van der Waals surface area (Å²) in [4.78, 5) is 0. The molecule has 0 aliphatic carbocycles. The SMILES string of the molecule is Cc1ccc2c(c1)c1ccccc1n2-c1ccc(-c2cc(C(F)(F)F)cc(C(F)(F)F)c2)c(-c2cc(C#N)ccc2-n2c3ccccc3c3cc(C)ccc32)c1. The molecule has 0 saturated carbocycles. The summed E-state index contributed by atoms with van der Waals surface area (Å²) in [5.41, 5.74) is 4.85. The van der Waals surface area contributed by atoms with Gasteiger partial charge in [-0.15, -0.1) is 0 Å². The molecule has 0 radical (unpaired) electrons. The predicted molar refractivity (Wildman–Crippen MR) is 210 cm³/mol. The van der Waals surface area contributed by atoms with Gasteiger partial charge in [-0.25, -0.2) is 0 Å². The van der Waals surface area contributed by atoms with Gasteiger partial charge in [0.15, 0.2) is 0 Å². The van der Waals surface area contributed by atoms with Crippen molar-refractivity contribution in [2.45, 2.75) is 26.2 Å². The molecule has 2 heterocycles. The number of fused-ring (bicyclic) bond motifs is 6. The van der Waals surface area contributed by atoms with E-state index in [0.717, 1.165) is 66.9 Å². The highest BCUT2D eigenvalue weighted by atomic mass is 19.4. The fourth-order valence-electron chi connectivity index (χ4n) is 7.98. The Balaban J connectivity index is 1.42. The van der Waals surface area contributed by atoms with Gasteiger partial charge in [-0.1, -0.05) is 65.7 Å². The molecule has 0 spiro atoms. The Morgan fingerprint density at radius 2 is 1.00 bits per heavy atom. The summed E-state index contributed by atoms with van der Waals surface area (Å²) in [5.74, 6) is 0. The normalized spacial score (nSPS) is 12.3. The molecule has 0 saturated heterocycles. The van der Waals surface area contributed by atoms with Crippen LogP contribution in [0.4, 0.5) is 26.3 Å². The van der Waals surface area contributed by atoms with Crippen molar-refractivity contribution in [1.29, 1.82) is 5.26 Å². The first-order valence-electron chi connectivity index (χ1n) is 17.8. The second-order valence-corrected chi connectivity index (χ2v) is 14.1. The maximum atomic E-state index is 14.3. The Hall–Kier alpha value is -6.79. The molecule has 2 aromatic heterocycles. The standard InChI is InChI=1S/C47H29F6N3/c1-27-11-16-43-38(19-27)35-7-3-5-9-41(35)55(43)33-14-15-34(30-22-31(46(48,49)50)24-32(23-30)47(51,52)53)37(25-33)40-21-29(26-54)13-18-45(40)56-42-10-6-4-8-36(42)39-20-28(2)12-17-44(39)56/h3-25H,1-2H3. The zero-order valence-electron chi connectivity index (χ0n) is 29.9. The van der Waals surface area contributed by atoms with Gasteiger partial charge in [0.25, 0.3) is 0 Å². The topological polar surface area (TPSA) is 33.6 Å². The number of aryl methyl sites for hydroxylation is 2. The zero-order chi connectivity index (χ0) is 39.1. The summed E-state index contributed by atoms with van der Waals surface area (Å²) in [6.07, 6.45) is -10.1. The van der Waals surface area contributed by atoms with Crippen LogP contribution in [0.15, 0.2) is 140 Å². The van der Waals surface area contributed by atoms with E-state index in [2.05, 4.69) is 18.2 Å². The molecular weight excluding hydrogens is 721 g/mol. The van der Waals surface area contributed by atoms with Gasteiger partial charge in [0.05, 0.1) is 50.5 Å². The van der Waals surface area contributed by atoms with E-state index < -0.39 is 23.5 Å². The van der Waals surface area contributed by atoms with Gasteiger partial charge in [-0.3, -0.25) is 0 Å². The van der Waals surface area contributed by atoms with Crippen molar-refractivity contribution in [3.63, 3.8) is 0 Å². The molecule has 9 rings (SSSR count). The lowest BCUT2D eigenvalue weighted by molar-refractivity contribution is -0.143. The highest BCUT2D eigenvalue weighted by Gasteiger charge is 2.37. The molecule has 0 unspecified atom stereocenters. The minimum absolute atomic E-state index is 0.134. The van der Waals surface area contributed by atoms with Crippen LogP contribution >= 0.6 is 0 Å². The Morgan fingerprint density at radius 1 is 0.464 bits per heavy atom. The molecule has 0 N–H and O–H groups in total. The minimum atomic E-state index is -5.05. The summed E-state index contributed by atoms with van der Waals surface area (Å²) in [6.45, 7) is 4.00. The molecule has 9 aromatic rings. The molecule has 56 heavy (non-hydrogen) atoms. The van der Waals surface area contributed by atoms with E-state index in [-0.39, 0.29) is 22.8 Å². The van der Waals surface area contributed by atoms with Crippen LogP contribution < -0.4 is 0 Å². The monoisotopic (exact) mass is 749 g/mol. The third kappa shape index (κ3) is 5.68. The molecule has 3 nitrogen and oxygen atoms in total. The van der Waals surface area contributed by atoms with Crippen LogP contribution in [0.1, 0.15) is 27.8 Å². The second kappa shape index (κ2) is 12.6. The van der Waals surface area contributed by atoms with Crippen LogP contribution in [0.2, 0.25) is 0 Å². The van der Waals surface area contributed by atoms with E-state index in [1.165, 1.54) is 0 Å². The van der Waals surface area contributed by atoms with Gasteiger partial charge in [0.2, 0.25) is 0 Å². The van der Waals surface area contributed by atoms with Gasteiger partial charge in [-0.2, -0.15) is 31.6 Å². The van der Waals surface area contributed by atoms with Crippen LogP contribution in [0.25, 0.3) is 77.2 Å². The number of nitriles is 1. The Labute approximate surface area is 316 Å². The van der Waals surface area contributed by atoms with Crippen molar-refractivity contribution in [3.8, 4) is 39.7 Å². The number of hydrogen-bond donors (Lipinski definition) is 0. The van der Waals surface area contributed by atoms with Crippen molar-refractivity contribution < 1.29 is 26.3 Å². The van der Waals surface area contributed by atoms with Gasteiger partial charge in [-0.05, 0) is 115 Å². The highest BCUT2D eigenvalue weighted by molar-refractivity contribution is 6.11. The van der Waals surface area contributed by atoms with Crippen molar-refractivity contribution >= 4 is 43.6 Å². The number of aromatic nitrogens is 2. The first-order valence-corrected chi connectivity index (χ1v) is 17.8. The zero-order valence-corrected chi connectivity index (χ0v) is 29.9. The number of hydrogen-bond acceptors (Lipinski definition) is 1. The van der Waals surface area contributed by atoms with Crippen LogP contribution in [-0.4, -0.2) is 9.13 Å². The first kappa shape index (κ1) is 34.9. The number of halogens is 6. The third-order valence-electron chi connectivity index (χ3n) is 10.5. The van der Waals surface area contributed by atoms with Gasteiger partial charge in [0.1, 0.15) is 0 Å². The summed E-state index contributed by atoms with van der Waals surface area (Å²) >= 11 is 0. The van der Waals surface area contributed by atoms with Crippen molar-refractivity contribution in [1.82, 2.24) is 9.13 Å². The molecule has 7 aromatic carbocycles. The van der Waals surface area contributed by atoms with Crippen molar-refractivity contribution in [3.05, 3.63) is 167 Å². The van der Waals surface area contributed by atoms with Crippen LogP contribution in [0.3, 0.4) is 0 Å². The number of benzene rings is 7. The summed E-state index contributed by atoms with van der Waals surface area (Å²) in [5, 5.41) is 14.1. The molecule has 0 atom stereocenters. The largest absolute Gasteiger partial charge is 0.416 e. The molecule has 0 aliphatic heterocycles. The number of alkyl halides is 6. The van der Waals surface area contributed by atoms with Crippen LogP contribution in [0, 0.1) is 25.2 Å². The lowest BCUT2D eigenvalue weighted by atomic mass is 9.90. The van der Waals surface area contributed by atoms with Gasteiger partial charge >= 0.3 is 12.4 Å². The van der Waals surface area contributed by atoms with E-state index in [1.807, 2.05) is 95.8 Å². The summed E-state index contributed by atoms with van der Waals surface area (Å²) in [6, 6.07) is 41.9. The Morgan fingerprint density at radius 3 is 1.57 bits per heavy atom. The van der Waals surface area contributed by atoms with E-state index in [1.54, 1.807) is 36.4 Å². The average molecular weight is 750 g/mol. The first-order chi connectivity index (χ1) is 26.8. The van der Waals surface area contributed by atoms with E-state index in [0.29, 0.717) is 22.5 Å². The average Bonchev–Trinajstić information content (AvgIpc) is 3.68. The molecule has 0 amide bonds. The van der Waals surface area contributed by atoms with E-state index >= 15 is 0 Å². The molecule has 9 heteroatoms.